The Kier molecular flexibility index (Phi) is 4.28. The lowest BCUT2D eigenvalue weighted by Crippen LogP contribution is -2.16. The molecule has 0 amide bonds. The van der Waals surface area contributed by atoms with Crippen molar-refractivity contribution in [2.24, 2.45) is 0 Å². The second kappa shape index (κ2) is 5.49. The highest BCUT2D eigenvalue weighted by molar-refractivity contribution is 5.76. The molecule has 0 aliphatic carbocycles. The van der Waals surface area contributed by atoms with Crippen molar-refractivity contribution >= 4 is 5.97 Å². The first-order valence-electron chi connectivity index (χ1n) is 4.92. The Bertz CT molecular complexity index is 419. The van der Waals surface area contributed by atoms with Crippen LogP contribution in [-0.4, -0.2) is 29.9 Å². The van der Waals surface area contributed by atoms with E-state index in [-0.39, 0.29) is 17.9 Å². The third-order valence-electron chi connectivity index (χ3n) is 2.10. The van der Waals surface area contributed by atoms with Crippen LogP contribution in [0.15, 0.2) is 12.1 Å². The third kappa shape index (κ3) is 2.85. The lowest BCUT2D eigenvalue weighted by atomic mass is 10.1. The number of methoxy groups -OCH3 is 1. The molecule has 0 saturated carbocycles. The van der Waals surface area contributed by atoms with Gasteiger partial charge in [-0.15, -0.1) is 0 Å². The minimum Gasteiger partial charge on any atom is -0.504 e. The topological polar surface area (TPSA) is 76.0 Å². The molecule has 0 fully saturated rings. The van der Waals surface area contributed by atoms with Gasteiger partial charge in [-0.1, -0.05) is 0 Å². The smallest absolute Gasteiger partial charge is 0.339 e. The summed E-state index contributed by atoms with van der Waals surface area (Å²) in [5, 5.41) is 18.8. The van der Waals surface area contributed by atoms with Crippen LogP contribution < -0.4 is 4.74 Å². The number of esters is 1. The molecule has 0 heterocycles. The quantitative estimate of drug-likeness (QED) is 0.777. The van der Waals surface area contributed by atoms with Crippen LogP contribution >= 0.6 is 0 Å². The zero-order valence-corrected chi connectivity index (χ0v) is 9.44. The number of aliphatic hydroxyl groups excluding tert-OH is 1. The van der Waals surface area contributed by atoms with Crippen LogP contribution in [0.25, 0.3) is 0 Å². The summed E-state index contributed by atoms with van der Waals surface area (Å²) in [4.78, 5) is 11.2. The highest BCUT2D eigenvalue weighted by Crippen LogP contribution is 2.31. The van der Waals surface area contributed by atoms with E-state index in [2.05, 4.69) is 4.74 Å². The number of phenols is 1. The molecule has 0 saturated heterocycles. The van der Waals surface area contributed by atoms with Gasteiger partial charge in [0, 0.05) is 11.6 Å². The Balaban J connectivity index is 3.08. The number of aromatic hydroxyl groups is 1. The van der Waals surface area contributed by atoms with Crippen molar-refractivity contribution in [1.82, 2.24) is 0 Å². The van der Waals surface area contributed by atoms with Gasteiger partial charge in [-0.25, -0.2) is 9.18 Å². The molecule has 0 aromatic heterocycles. The Labute approximate surface area is 97.4 Å². The zero-order chi connectivity index (χ0) is 13.0. The molecule has 1 unspecified atom stereocenters. The summed E-state index contributed by atoms with van der Waals surface area (Å²) >= 11 is 0. The van der Waals surface area contributed by atoms with Crippen molar-refractivity contribution < 1.29 is 28.9 Å². The van der Waals surface area contributed by atoms with Gasteiger partial charge in [0.05, 0.1) is 13.7 Å². The molecular weight excluding hydrogens is 231 g/mol. The number of rotatable bonds is 4. The molecule has 94 valence electrons. The molecule has 6 heteroatoms. The fourth-order valence-electron chi connectivity index (χ4n) is 1.28. The maximum atomic E-state index is 13.4. The fourth-order valence-corrected chi connectivity index (χ4v) is 1.28. The Morgan fingerprint density at radius 2 is 2.18 bits per heavy atom. The van der Waals surface area contributed by atoms with Crippen molar-refractivity contribution in [1.29, 1.82) is 0 Å². The third-order valence-corrected chi connectivity index (χ3v) is 2.10. The van der Waals surface area contributed by atoms with Crippen molar-refractivity contribution in [3.8, 4) is 11.5 Å². The number of carbonyl (C=O) groups excluding carboxylic acids is 1. The Morgan fingerprint density at radius 3 is 2.71 bits per heavy atom. The van der Waals surface area contributed by atoms with E-state index in [0.717, 1.165) is 12.1 Å². The van der Waals surface area contributed by atoms with Crippen LogP contribution in [0.1, 0.15) is 18.6 Å². The average Bonchev–Trinajstić information content (AvgIpc) is 2.29. The second-order valence-corrected chi connectivity index (χ2v) is 3.20. The van der Waals surface area contributed by atoms with Gasteiger partial charge in [-0.3, -0.25) is 0 Å². The van der Waals surface area contributed by atoms with Crippen LogP contribution in [0.4, 0.5) is 4.39 Å². The highest BCUT2D eigenvalue weighted by atomic mass is 19.1. The summed E-state index contributed by atoms with van der Waals surface area (Å²) in [6.07, 6.45) is -1.75. The standard InChI is InChI=1S/C11H13FO5/c1-3-17-11(15)10(14)6-4-9(16-2)8(13)5-7(6)12/h4-5,10,13-14H,3H2,1-2H3. The number of ether oxygens (including phenoxy) is 2. The van der Waals surface area contributed by atoms with E-state index in [1.54, 1.807) is 6.92 Å². The SMILES string of the molecule is CCOC(=O)C(O)c1cc(OC)c(O)cc1F. The van der Waals surface area contributed by atoms with Gasteiger partial charge in [0.15, 0.2) is 17.6 Å². The lowest BCUT2D eigenvalue weighted by molar-refractivity contribution is -0.153. The van der Waals surface area contributed by atoms with E-state index in [4.69, 9.17) is 4.74 Å². The summed E-state index contributed by atoms with van der Waals surface area (Å²) in [7, 11) is 1.27. The summed E-state index contributed by atoms with van der Waals surface area (Å²) < 4.78 is 22.7. The molecule has 0 bridgehead atoms. The Morgan fingerprint density at radius 1 is 1.53 bits per heavy atom. The van der Waals surface area contributed by atoms with E-state index in [9.17, 15) is 19.4 Å². The van der Waals surface area contributed by atoms with Gasteiger partial charge in [-0.05, 0) is 13.0 Å². The molecule has 0 spiro atoms. The van der Waals surface area contributed by atoms with Crippen molar-refractivity contribution in [2.45, 2.75) is 13.0 Å². The van der Waals surface area contributed by atoms with Crippen molar-refractivity contribution in [2.75, 3.05) is 13.7 Å². The van der Waals surface area contributed by atoms with Gasteiger partial charge >= 0.3 is 5.97 Å². The number of carbonyl (C=O) groups is 1. The number of halogens is 1. The summed E-state index contributed by atoms with van der Waals surface area (Å²) in [6.45, 7) is 1.64. The number of hydrogen-bond donors (Lipinski definition) is 2. The summed E-state index contributed by atoms with van der Waals surface area (Å²) in [6, 6.07) is 1.81. The van der Waals surface area contributed by atoms with Crippen LogP contribution in [0.3, 0.4) is 0 Å². The van der Waals surface area contributed by atoms with E-state index in [1.165, 1.54) is 7.11 Å². The molecule has 1 rings (SSSR count). The average molecular weight is 244 g/mol. The second-order valence-electron chi connectivity index (χ2n) is 3.20. The first kappa shape index (κ1) is 13.2. The summed E-state index contributed by atoms with van der Waals surface area (Å²) in [5.74, 6) is -2.32. The molecule has 0 radical (unpaired) electrons. The van der Waals surface area contributed by atoms with E-state index < -0.39 is 23.6 Å². The molecule has 2 N–H and O–H groups in total. The van der Waals surface area contributed by atoms with E-state index in [1.807, 2.05) is 0 Å². The molecule has 17 heavy (non-hydrogen) atoms. The van der Waals surface area contributed by atoms with Crippen LogP contribution in [-0.2, 0) is 9.53 Å². The molecule has 1 aromatic rings. The van der Waals surface area contributed by atoms with Crippen LogP contribution in [0.5, 0.6) is 11.5 Å². The minimum atomic E-state index is -1.75. The maximum Gasteiger partial charge on any atom is 0.339 e. The molecule has 1 aromatic carbocycles. The minimum absolute atomic E-state index is 0.0373. The van der Waals surface area contributed by atoms with E-state index >= 15 is 0 Å². The Hall–Kier alpha value is -1.82. The van der Waals surface area contributed by atoms with Gasteiger partial charge in [0.1, 0.15) is 5.82 Å². The van der Waals surface area contributed by atoms with Gasteiger partial charge in [0.25, 0.3) is 0 Å². The monoisotopic (exact) mass is 244 g/mol. The normalized spacial score (nSPS) is 12.0. The molecular formula is C11H13FO5. The van der Waals surface area contributed by atoms with Crippen molar-refractivity contribution in [3.63, 3.8) is 0 Å². The molecule has 1 atom stereocenters. The van der Waals surface area contributed by atoms with Crippen LogP contribution in [0, 0.1) is 5.82 Å². The highest BCUT2D eigenvalue weighted by Gasteiger charge is 2.24. The summed E-state index contributed by atoms with van der Waals surface area (Å²) in [5.41, 5.74) is -0.307. The van der Waals surface area contributed by atoms with Gasteiger partial charge in [0.2, 0.25) is 0 Å². The predicted octanol–water partition coefficient (Wildman–Crippen LogP) is 1.14. The van der Waals surface area contributed by atoms with Crippen LogP contribution in [0.2, 0.25) is 0 Å². The van der Waals surface area contributed by atoms with Gasteiger partial charge in [-0.2, -0.15) is 0 Å². The number of hydrogen-bond acceptors (Lipinski definition) is 5. The number of phenolic OH excluding ortho intramolecular Hbond substituents is 1. The molecule has 5 nitrogen and oxygen atoms in total. The first-order chi connectivity index (χ1) is 8.01. The predicted molar refractivity (Wildman–Crippen MR) is 56.2 cm³/mol. The van der Waals surface area contributed by atoms with E-state index in [0.29, 0.717) is 0 Å². The maximum absolute atomic E-state index is 13.4. The number of benzene rings is 1. The molecule has 0 aliphatic rings. The van der Waals surface area contributed by atoms with Gasteiger partial charge < -0.3 is 19.7 Å². The first-order valence-corrected chi connectivity index (χ1v) is 4.92. The molecule has 0 aliphatic heterocycles. The largest absolute Gasteiger partial charge is 0.504 e. The zero-order valence-electron chi connectivity index (χ0n) is 9.44. The fraction of sp³-hybridized carbons (Fsp3) is 0.364. The lowest BCUT2D eigenvalue weighted by Gasteiger charge is -2.12. The number of aliphatic hydroxyl groups is 1. The van der Waals surface area contributed by atoms with Crippen molar-refractivity contribution in [3.05, 3.63) is 23.5 Å².